The van der Waals surface area contributed by atoms with Gasteiger partial charge in [-0.3, -0.25) is 4.72 Å². The molecule has 0 bridgehead atoms. The minimum atomic E-state index is -3.64. The topological polar surface area (TPSA) is 73.9 Å². The van der Waals surface area contributed by atoms with E-state index in [0.29, 0.717) is 17.2 Å². The average Bonchev–Trinajstić information content (AvgIpc) is 2.56. The summed E-state index contributed by atoms with van der Waals surface area (Å²) in [5.74, 6) is 1.10. The van der Waals surface area contributed by atoms with Crippen molar-refractivity contribution in [1.82, 2.24) is 0 Å². The molecule has 0 unspecified atom stereocenters. The number of halogens is 1. The highest BCUT2D eigenvalue weighted by atomic mass is 35.5. The Bertz CT molecular complexity index is 822. The fourth-order valence-corrected chi connectivity index (χ4v) is 3.20. The maximum absolute atomic E-state index is 12.3. The Balaban J connectivity index is 2.03. The number of ether oxygens (including phenoxy) is 3. The Kier molecular flexibility index (Phi) is 6.39. The monoisotopic (exact) mass is 385 g/mol. The lowest BCUT2D eigenvalue weighted by atomic mass is 10.2. The summed E-state index contributed by atoms with van der Waals surface area (Å²) in [4.78, 5) is 0. The van der Waals surface area contributed by atoms with Gasteiger partial charge in [0.15, 0.2) is 0 Å². The van der Waals surface area contributed by atoms with Crippen LogP contribution in [0.1, 0.15) is 5.56 Å². The van der Waals surface area contributed by atoms with E-state index in [9.17, 15) is 8.42 Å². The molecule has 1 N–H and O–H groups in total. The molecule has 0 amide bonds. The van der Waals surface area contributed by atoms with E-state index in [1.54, 1.807) is 12.1 Å². The summed E-state index contributed by atoms with van der Waals surface area (Å²) in [6.45, 7) is 1.98. The van der Waals surface area contributed by atoms with Crippen LogP contribution in [0.4, 0.5) is 5.69 Å². The lowest BCUT2D eigenvalue weighted by molar-refractivity contribution is 0.341. The van der Waals surface area contributed by atoms with E-state index in [2.05, 4.69) is 4.72 Å². The highest BCUT2D eigenvalue weighted by Crippen LogP contribution is 2.36. The molecule has 0 atom stereocenters. The molecular formula is C17H20ClNO5S. The molecule has 2 aromatic rings. The predicted molar refractivity (Wildman–Crippen MR) is 98.6 cm³/mol. The number of sulfonamides is 1. The Hall–Kier alpha value is -2.12. The van der Waals surface area contributed by atoms with E-state index < -0.39 is 10.0 Å². The predicted octanol–water partition coefficient (Wildman–Crippen LogP) is 3.49. The number of rotatable bonds is 8. The third kappa shape index (κ3) is 5.44. The van der Waals surface area contributed by atoms with Gasteiger partial charge >= 0.3 is 0 Å². The number of anilines is 1. The number of benzene rings is 2. The molecule has 0 saturated carbocycles. The highest BCUT2D eigenvalue weighted by molar-refractivity contribution is 7.92. The first-order valence-electron chi connectivity index (χ1n) is 7.46. The van der Waals surface area contributed by atoms with Crippen molar-refractivity contribution in [3.8, 4) is 17.2 Å². The summed E-state index contributed by atoms with van der Waals surface area (Å²) in [6.07, 6.45) is 0. The van der Waals surface area contributed by atoms with Gasteiger partial charge in [-0.1, -0.05) is 29.3 Å². The van der Waals surface area contributed by atoms with E-state index in [1.807, 2.05) is 19.1 Å². The Labute approximate surface area is 152 Å². The average molecular weight is 386 g/mol. The molecule has 0 aliphatic heterocycles. The van der Waals surface area contributed by atoms with Gasteiger partial charge in [0.25, 0.3) is 0 Å². The van der Waals surface area contributed by atoms with Crippen molar-refractivity contribution in [3.05, 3.63) is 47.0 Å². The molecular weight excluding hydrogens is 366 g/mol. The fourth-order valence-electron chi connectivity index (χ4n) is 2.06. The first-order valence-corrected chi connectivity index (χ1v) is 9.49. The lowest BCUT2D eigenvalue weighted by Crippen LogP contribution is -2.21. The molecule has 136 valence electrons. The minimum absolute atomic E-state index is 0.0184. The zero-order chi connectivity index (χ0) is 18.4. The second-order valence-electron chi connectivity index (χ2n) is 5.27. The van der Waals surface area contributed by atoms with Crippen molar-refractivity contribution in [1.29, 1.82) is 0 Å². The van der Waals surface area contributed by atoms with Crippen molar-refractivity contribution >= 4 is 27.3 Å². The van der Waals surface area contributed by atoms with Gasteiger partial charge in [0.2, 0.25) is 10.0 Å². The first-order chi connectivity index (χ1) is 11.8. The van der Waals surface area contributed by atoms with Gasteiger partial charge < -0.3 is 14.2 Å². The molecule has 25 heavy (non-hydrogen) atoms. The van der Waals surface area contributed by atoms with Crippen molar-refractivity contribution in [3.63, 3.8) is 0 Å². The molecule has 0 spiro atoms. The maximum atomic E-state index is 12.3. The SMILES string of the molecule is COc1cc(OC)c(NS(=O)(=O)CCOc2ccc(C)cc2)cc1Cl. The van der Waals surface area contributed by atoms with Crippen LogP contribution in [0.3, 0.4) is 0 Å². The van der Waals surface area contributed by atoms with Crippen LogP contribution in [0.25, 0.3) is 0 Å². The van der Waals surface area contributed by atoms with E-state index in [-0.39, 0.29) is 23.1 Å². The quantitative estimate of drug-likeness (QED) is 0.753. The zero-order valence-electron chi connectivity index (χ0n) is 14.2. The van der Waals surface area contributed by atoms with Crippen molar-refractivity contribution in [2.75, 3.05) is 31.3 Å². The second kappa shape index (κ2) is 8.31. The summed E-state index contributed by atoms with van der Waals surface area (Å²) in [7, 11) is -0.740. The van der Waals surface area contributed by atoms with Crippen molar-refractivity contribution in [2.45, 2.75) is 6.92 Å². The standard InChI is InChI=1S/C17H20ClNO5S/c1-12-4-6-13(7-5-12)24-8-9-25(20,21)19-15-10-14(18)16(22-2)11-17(15)23-3/h4-7,10-11,19H,8-9H2,1-3H3. The summed E-state index contributed by atoms with van der Waals surface area (Å²) in [6, 6.07) is 10.3. The minimum Gasteiger partial charge on any atom is -0.495 e. The molecule has 2 rings (SSSR count). The number of aryl methyl sites for hydroxylation is 1. The van der Waals surface area contributed by atoms with Crippen LogP contribution in [0.2, 0.25) is 5.02 Å². The van der Waals surface area contributed by atoms with Gasteiger partial charge in [-0.2, -0.15) is 0 Å². The van der Waals surface area contributed by atoms with Crippen LogP contribution < -0.4 is 18.9 Å². The normalized spacial score (nSPS) is 11.0. The number of hydrogen-bond donors (Lipinski definition) is 1. The summed E-state index contributed by atoms with van der Waals surface area (Å²) >= 11 is 6.04. The summed E-state index contributed by atoms with van der Waals surface area (Å²) in [5.41, 5.74) is 1.34. The number of hydrogen-bond acceptors (Lipinski definition) is 5. The zero-order valence-corrected chi connectivity index (χ0v) is 15.8. The summed E-state index contributed by atoms with van der Waals surface area (Å²) < 4.78 is 42.7. The molecule has 0 heterocycles. The molecule has 6 nitrogen and oxygen atoms in total. The van der Waals surface area contributed by atoms with Crippen LogP contribution >= 0.6 is 11.6 Å². The van der Waals surface area contributed by atoms with Gasteiger partial charge in [0.1, 0.15) is 29.6 Å². The lowest BCUT2D eigenvalue weighted by Gasteiger charge is -2.14. The molecule has 2 aromatic carbocycles. The third-order valence-electron chi connectivity index (χ3n) is 3.38. The van der Waals surface area contributed by atoms with Crippen LogP contribution in [-0.2, 0) is 10.0 Å². The third-order valence-corrected chi connectivity index (χ3v) is 4.91. The van der Waals surface area contributed by atoms with Crippen molar-refractivity contribution < 1.29 is 22.6 Å². The van der Waals surface area contributed by atoms with E-state index in [4.69, 9.17) is 25.8 Å². The van der Waals surface area contributed by atoms with E-state index in [1.165, 1.54) is 26.4 Å². The fraction of sp³-hybridized carbons (Fsp3) is 0.294. The van der Waals surface area contributed by atoms with E-state index >= 15 is 0 Å². The van der Waals surface area contributed by atoms with Crippen LogP contribution in [0.5, 0.6) is 17.2 Å². The Morgan fingerprint density at radius 1 is 1.04 bits per heavy atom. The summed E-state index contributed by atoms with van der Waals surface area (Å²) in [5, 5.41) is 0.275. The number of nitrogens with one attached hydrogen (secondary N) is 1. The van der Waals surface area contributed by atoms with Gasteiger partial charge in [0.05, 0.1) is 24.9 Å². The Morgan fingerprint density at radius 2 is 1.68 bits per heavy atom. The molecule has 0 aliphatic carbocycles. The molecule has 0 aromatic heterocycles. The smallest absolute Gasteiger partial charge is 0.236 e. The largest absolute Gasteiger partial charge is 0.495 e. The van der Waals surface area contributed by atoms with Gasteiger partial charge in [-0.05, 0) is 25.1 Å². The van der Waals surface area contributed by atoms with Crippen LogP contribution in [-0.4, -0.2) is 35.0 Å². The first kappa shape index (κ1) is 19.2. The molecule has 0 aliphatic rings. The van der Waals surface area contributed by atoms with Gasteiger partial charge in [0, 0.05) is 6.07 Å². The van der Waals surface area contributed by atoms with E-state index in [0.717, 1.165) is 5.56 Å². The van der Waals surface area contributed by atoms with Gasteiger partial charge in [-0.15, -0.1) is 0 Å². The van der Waals surface area contributed by atoms with Crippen LogP contribution in [0.15, 0.2) is 36.4 Å². The van der Waals surface area contributed by atoms with Gasteiger partial charge in [-0.25, -0.2) is 8.42 Å². The van der Waals surface area contributed by atoms with Crippen LogP contribution in [0, 0.1) is 6.92 Å². The molecule has 0 radical (unpaired) electrons. The molecule has 0 saturated heterocycles. The maximum Gasteiger partial charge on any atom is 0.236 e. The number of methoxy groups -OCH3 is 2. The molecule has 8 heteroatoms. The highest BCUT2D eigenvalue weighted by Gasteiger charge is 2.16. The van der Waals surface area contributed by atoms with Crippen molar-refractivity contribution in [2.24, 2.45) is 0 Å². The Morgan fingerprint density at radius 3 is 2.28 bits per heavy atom. The molecule has 0 fully saturated rings. The second-order valence-corrected chi connectivity index (χ2v) is 7.52.